The lowest BCUT2D eigenvalue weighted by Gasteiger charge is -2.41. The van der Waals surface area contributed by atoms with Crippen LogP contribution in [0.1, 0.15) is 16.4 Å². The van der Waals surface area contributed by atoms with Crippen LogP contribution in [0.3, 0.4) is 0 Å². The maximum Gasteiger partial charge on any atom is 0.279 e. The second-order valence-electron chi connectivity index (χ2n) is 8.61. The van der Waals surface area contributed by atoms with E-state index in [9.17, 15) is 48.7 Å². The molecule has 0 spiro atoms. The minimum atomic E-state index is -5.23. The van der Waals surface area contributed by atoms with Crippen LogP contribution < -0.4 is 14.2 Å². The van der Waals surface area contributed by atoms with Gasteiger partial charge >= 0.3 is 0 Å². The molecule has 1 fully saturated rings. The first kappa shape index (κ1) is 28.5. The second-order valence-corrected chi connectivity index (χ2v) is 10.1. The van der Waals surface area contributed by atoms with Crippen molar-refractivity contribution < 1.29 is 72.4 Å². The number of aliphatic hydroxyl groups excluding tert-OH is 4. The van der Waals surface area contributed by atoms with Gasteiger partial charge in [0.25, 0.3) is 10.1 Å². The number of phenols is 3. The van der Waals surface area contributed by atoms with Crippen LogP contribution in [0.2, 0.25) is 0 Å². The summed E-state index contributed by atoms with van der Waals surface area (Å²) in [7, 11) is -2.80. The van der Waals surface area contributed by atoms with E-state index in [4.69, 9.17) is 23.7 Å². The topological polar surface area (TPSA) is 242 Å². The highest BCUT2D eigenvalue weighted by molar-refractivity contribution is 7.86. The van der Waals surface area contributed by atoms with Gasteiger partial charge in [0.1, 0.15) is 41.7 Å². The van der Waals surface area contributed by atoms with Crippen LogP contribution in [0.4, 0.5) is 0 Å². The fourth-order valence-corrected chi connectivity index (χ4v) is 5.24. The first-order valence-electron chi connectivity index (χ1n) is 11.2. The minimum absolute atomic E-state index is 0.0803. The summed E-state index contributed by atoms with van der Waals surface area (Å²) in [6.07, 6.45) is -9.07. The van der Waals surface area contributed by atoms with Crippen molar-refractivity contribution in [2.24, 2.45) is 0 Å². The Morgan fingerprint density at radius 1 is 0.923 bits per heavy atom. The Morgan fingerprint density at radius 2 is 1.54 bits per heavy atom. The Balaban J connectivity index is 1.99. The molecule has 0 radical (unpaired) electrons. The zero-order valence-electron chi connectivity index (χ0n) is 20.3. The fourth-order valence-electron chi connectivity index (χ4n) is 4.27. The third-order valence-electron chi connectivity index (χ3n) is 6.17. The van der Waals surface area contributed by atoms with E-state index in [2.05, 4.69) is 0 Å². The molecular weight excluding hydrogens is 548 g/mol. The van der Waals surface area contributed by atoms with Crippen LogP contribution in [0.5, 0.6) is 34.5 Å². The highest BCUT2D eigenvalue weighted by atomic mass is 32.2. The summed E-state index contributed by atoms with van der Waals surface area (Å²) in [6.45, 7) is -0.829. The maximum absolute atomic E-state index is 12.7. The smallest absolute Gasteiger partial charge is 0.279 e. The van der Waals surface area contributed by atoms with Crippen LogP contribution >= 0.6 is 0 Å². The van der Waals surface area contributed by atoms with Gasteiger partial charge in [-0.3, -0.25) is 4.55 Å². The van der Waals surface area contributed by atoms with Gasteiger partial charge in [-0.05, 0) is 12.1 Å². The van der Waals surface area contributed by atoms with Crippen molar-refractivity contribution in [2.45, 2.75) is 36.0 Å². The molecule has 1 saturated heterocycles. The molecule has 8 N–H and O–H groups in total. The largest absolute Gasteiger partial charge is 0.508 e. The van der Waals surface area contributed by atoms with Gasteiger partial charge in [0.15, 0.2) is 28.3 Å². The van der Waals surface area contributed by atoms with Crippen LogP contribution in [-0.4, -0.2) is 100 Å². The molecule has 16 heteroatoms. The number of hydrogen-bond donors (Lipinski definition) is 8. The number of fused-ring (bicyclic) bond motifs is 1. The molecule has 214 valence electrons. The first-order valence-corrected chi connectivity index (χ1v) is 12.7. The SMILES string of the molecule is COc1cc(C2=C(O[C@@H]3O[C@H](CO)[C@@H](O)[C@H](O)[C@H]3O)C(S(=O)(=O)O)c3c(O)cc(O)cc3O2)cc(OC)c1O. The van der Waals surface area contributed by atoms with Gasteiger partial charge in [-0.2, -0.15) is 8.42 Å². The van der Waals surface area contributed by atoms with Crippen LogP contribution in [-0.2, 0) is 19.6 Å². The van der Waals surface area contributed by atoms with Gasteiger partial charge in [-0.1, -0.05) is 0 Å². The monoisotopic (exact) mass is 574 g/mol. The normalized spacial score (nSPS) is 26.9. The molecule has 2 aromatic rings. The van der Waals surface area contributed by atoms with E-state index in [0.717, 1.165) is 12.1 Å². The van der Waals surface area contributed by atoms with Crippen molar-refractivity contribution in [1.29, 1.82) is 0 Å². The lowest BCUT2D eigenvalue weighted by atomic mass is 9.98. The van der Waals surface area contributed by atoms with Gasteiger partial charge < -0.3 is 59.4 Å². The number of phenolic OH excluding ortho intramolecular Hbond substituents is 3. The summed E-state index contributed by atoms with van der Waals surface area (Å²) in [5, 5.41) is 68.9. The van der Waals surface area contributed by atoms with Gasteiger partial charge in [0, 0.05) is 17.7 Å². The highest BCUT2D eigenvalue weighted by Gasteiger charge is 2.49. The molecule has 0 aromatic heterocycles. The lowest BCUT2D eigenvalue weighted by molar-refractivity contribution is -0.292. The summed E-state index contributed by atoms with van der Waals surface area (Å²) in [5.74, 6) is -3.81. The Morgan fingerprint density at radius 3 is 2.08 bits per heavy atom. The van der Waals surface area contributed by atoms with E-state index < -0.39 is 92.8 Å². The van der Waals surface area contributed by atoms with Gasteiger partial charge in [0.05, 0.1) is 26.4 Å². The van der Waals surface area contributed by atoms with Crippen molar-refractivity contribution >= 4 is 15.9 Å². The Kier molecular flexibility index (Phi) is 7.72. The average Bonchev–Trinajstić information content (AvgIpc) is 2.88. The fraction of sp³-hybridized carbons (Fsp3) is 0.391. The zero-order valence-corrected chi connectivity index (χ0v) is 21.1. The van der Waals surface area contributed by atoms with E-state index in [1.807, 2.05) is 0 Å². The number of aliphatic hydroxyl groups is 4. The molecule has 2 aromatic carbocycles. The van der Waals surface area contributed by atoms with Gasteiger partial charge in [-0.15, -0.1) is 0 Å². The van der Waals surface area contributed by atoms with Crippen molar-refractivity contribution in [3.63, 3.8) is 0 Å². The third-order valence-corrected chi connectivity index (χ3v) is 7.22. The number of rotatable bonds is 7. The summed E-state index contributed by atoms with van der Waals surface area (Å²) >= 11 is 0. The van der Waals surface area contributed by atoms with E-state index in [1.54, 1.807) is 0 Å². The number of aromatic hydroxyl groups is 3. The van der Waals surface area contributed by atoms with E-state index in [0.29, 0.717) is 0 Å². The standard InChI is InChI=1S/C23H26O15S/c1-34-12-3-8(4-13(35-2)16(12)27)20-21(38-23-19(30)18(29)17(28)14(7-24)37-23)22(39(31,32)33)15-10(26)5-9(25)6-11(15)36-20/h3-6,14,17-19,22-30H,7H2,1-2H3,(H,31,32,33)/t14-,17-,18+,19-,22?,23+/m1/s1. The van der Waals surface area contributed by atoms with Gasteiger partial charge in [0.2, 0.25) is 12.0 Å². The predicted octanol–water partition coefficient (Wildman–Crippen LogP) is -0.673. The molecule has 2 aliphatic heterocycles. The zero-order chi connectivity index (χ0) is 28.8. The Hall–Kier alpha value is -3.51. The van der Waals surface area contributed by atoms with Gasteiger partial charge in [-0.25, -0.2) is 0 Å². The number of benzene rings is 2. The molecule has 0 aliphatic carbocycles. The molecule has 0 bridgehead atoms. The predicted molar refractivity (Wildman–Crippen MR) is 128 cm³/mol. The molecule has 1 unspecified atom stereocenters. The quantitative estimate of drug-likeness (QED) is 0.191. The summed E-state index contributed by atoms with van der Waals surface area (Å²) in [5.41, 5.74) is -0.639. The highest BCUT2D eigenvalue weighted by Crippen LogP contribution is 2.52. The Labute approximate surface area is 221 Å². The van der Waals surface area contributed by atoms with Crippen molar-refractivity contribution in [3.8, 4) is 34.5 Å². The molecule has 6 atom stereocenters. The van der Waals surface area contributed by atoms with Crippen LogP contribution in [0.25, 0.3) is 5.76 Å². The molecule has 39 heavy (non-hydrogen) atoms. The van der Waals surface area contributed by atoms with Crippen molar-refractivity contribution in [3.05, 3.63) is 41.2 Å². The molecule has 0 amide bonds. The van der Waals surface area contributed by atoms with Crippen molar-refractivity contribution in [2.75, 3.05) is 20.8 Å². The molecule has 4 rings (SSSR count). The van der Waals surface area contributed by atoms with E-state index in [-0.39, 0.29) is 17.1 Å². The lowest BCUT2D eigenvalue weighted by Crippen LogP contribution is -2.59. The summed E-state index contributed by atoms with van der Waals surface area (Å²) in [6, 6.07) is 4.09. The van der Waals surface area contributed by atoms with E-state index >= 15 is 0 Å². The minimum Gasteiger partial charge on any atom is -0.508 e. The van der Waals surface area contributed by atoms with Crippen molar-refractivity contribution in [1.82, 2.24) is 0 Å². The molecule has 15 nitrogen and oxygen atoms in total. The maximum atomic E-state index is 12.7. The van der Waals surface area contributed by atoms with Crippen LogP contribution in [0.15, 0.2) is 30.0 Å². The average molecular weight is 575 g/mol. The summed E-state index contributed by atoms with van der Waals surface area (Å²) < 4.78 is 62.8. The second kappa shape index (κ2) is 10.6. The summed E-state index contributed by atoms with van der Waals surface area (Å²) in [4.78, 5) is 0. The molecule has 2 heterocycles. The van der Waals surface area contributed by atoms with E-state index in [1.165, 1.54) is 26.4 Å². The number of methoxy groups -OCH3 is 2. The first-order chi connectivity index (χ1) is 18.3. The molecular formula is C23H26O15S. The van der Waals surface area contributed by atoms with Crippen LogP contribution in [0, 0.1) is 0 Å². The Bertz CT molecular complexity index is 1360. The number of hydrogen-bond acceptors (Lipinski definition) is 14. The molecule has 0 saturated carbocycles. The molecule has 2 aliphatic rings. The third kappa shape index (κ3) is 5.10. The number of ether oxygens (including phenoxy) is 5.